The molecule has 0 saturated carbocycles. The largest absolute Gasteiger partial charge is 0.378 e. The average molecular weight is 338 g/mol. The molecule has 106 valence electrons. The van der Waals surface area contributed by atoms with E-state index in [1.54, 1.807) is 18.3 Å². The van der Waals surface area contributed by atoms with E-state index in [9.17, 15) is 0 Å². The molecule has 0 radical (unpaired) electrons. The summed E-state index contributed by atoms with van der Waals surface area (Å²) in [6.45, 7) is 0.564. The summed E-state index contributed by atoms with van der Waals surface area (Å²) in [7, 11) is 0. The lowest BCUT2D eigenvalue weighted by Gasteiger charge is -2.12. The lowest BCUT2D eigenvalue weighted by molar-refractivity contribution is 1.15. The molecule has 0 amide bonds. The van der Waals surface area contributed by atoms with Crippen molar-refractivity contribution in [2.45, 2.75) is 6.54 Å². The molecule has 0 unspecified atom stereocenters. The van der Waals surface area contributed by atoms with Crippen molar-refractivity contribution in [3.8, 4) is 0 Å². The number of halogens is 3. The molecule has 0 fully saturated rings. The van der Waals surface area contributed by atoms with E-state index in [2.05, 4.69) is 10.3 Å². The number of hydrogen-bond donors (Lipinski definition) is 1. The first-order chi connectivity index (χ1) is 10.2. The molecule has 1 aromatic heterocycles. The van der Waals surface area contributed by atoms with Crippen LogP contribution in [0.15, 0.2) is 48.7 Å². The van der Waals surface area contributed by atoms with Gasteiger partial charge in [-0.1, -0.05) is 46.9 Å². The first-order valence-corrected chi connectivity index (χ1v) is 7.50. The number of aromatic nitrogens is 1. The Kier molecular flexibility index (Phi) is 4.20. The fourth-order valence-corrected chi connectivity index (χ4v) is 2.94. The third kappa shape index (κ3) is 2.93. The second-order valence-corrected chi connectivity index (χ2v) is 5.78. The monoisotopic (exact) mass is 336 g/mol. The highest BCUT2D eigenvalue weighted by Gasteiger charge is 2.08. The Labute approximate surface area is 137 Å². The van der Waals surface area contributed by atoms with Crippen molar-refractivity contribution in [1.29, 1.82) is 0 Å². The van der Waals surface area contributed by atoms with Crippen LogP contribution < -0.4 is 5.32 Å². The quantitative estimate of drug-likeness (QED) is 0.652. The Morgan fingerprint density at radius 2 is 1.62 bits per heavy atom. The van der Waals surface area contributed by atoms with Crippen LogP contribution in [0.1, 0.15) is 5.56 Å². The predicted octanol–water partition coefficient (Wildman–Crippen LogP) is 5.81. The van der Waals surface area contributed by atoms with Crippen LogP contribution >= 0.6 is 34.8 Å². The highest BCUT2D eigenvalue weighted by atomic mass is 35.5. The highest BCUT2D eigenvalue weighted by molar-refractivity contribution is 6.39. The Morgan fingerprint density at radius 1 is 0.857 bits per heavy atom. The van der Waals surface area contributed by atoms with Gasteiger partial charge in [0.1, 0.15) is 0 Å². The molecular formula is C16H11Cl3N2. The SMILES string of the molecule is Clc1cccc(Cl)c1NCc1ccc(Cl)c2cccnc12. The maximum atomic E-state index is 6.19. The summed E-state index contributed by atoms with van der Waals surface area (Å²) in [5.74, 6) is 0. The lowest BCUT2D eigenvalue weighted by atomic mass is 10.1. The zero-order valence-corrected chi connectivity index (χ0v) is 13.2. The van der Waals surface area contributed by atoms with Gasteiger partial charge in [-0.25, -0.2) is 0 Å². The average Bonchev–Trinajstić information content (AvgIpc) is 2.49. The molecule has 0 saturated heterocycles. The number of hydrogen-bond acceptors (Lipinski definition) is 2. The molecule has 2 aromatic carbocycles. The zero-order valence-electron chi connectivity index (χ0n) is 10.9. The van der Waals surface area contributed by atoms with Gasteiger partial charge < -0.3 is 5.32 Å². The number of rotatable bonds is 3. The van der Waals surface area contributed by atoms with Crippen LogP contribution in [0, 0.1) is 0 Å². The normalized spacial score (nSPS) is 10.8. The Bertz CT molecular complexity index is 782. The number of para-hydroxylation sites is 1. The predicted molar refractivity (Wildman–Crippen MR) is 90.5 cm³/mol. The van der Waals surface area contributed by atoms with Gasteiger partial charge in [0.15, 0.2) is 0 Å². The fourth-order valence-electron chi connectivity index (χ4n) is 2.19. The standard InChI is InChI=1S/C16H11Cl3N2/c17-12-7-6-10(15-11(12)3-2-8-20-15)9-21-16-13(18)4-1-5-14(16)19/h1-8,21H,9H2. The number of pyridine rings is 1. The summed E-state index contributed by atoms with van der Waals surface area (Å²) in [5.41, 5.74) is 2.63. The molecule has 2 nitrogen and oxygen atoms in total. The molecule has 3 rings (SSSR count). The van der Waals surface area contributed by atoms with Gasteiger partial charge in [-0.15, -0.1) is 0 Å². The number of anilines is 1. The van der Waals surface area contributed by atoms with E-state index >= 15 is 0 Å². The van der Waals surface area contributed by atoms with Crippen molar-refractivity contribution < 1.29 is 0 Å². The van der Waals surface area contributed by atoms with E-state index in [1.165, 1.54) is 0 Å². The summed E-state index contributed by atoms with van der Waals surface area (Å²) in [6, 6.07) is 13.1. The molecule has 0 atom stereocenters. The minimum atomic E-state index is 0.564. The molecule has 0 aliphatic carbocycles. The van der Waals surface area contributed by atoms with Crippen molar-refractivity contribution in [2.24, 2.45) is 0 Å². The van der Waals surface area contributed by atoms with E-state index in [-0.39, 0.29) is 0 Å². The molecule has 1 N–H and O–H groups in total. The first kappa shape index (κ1) is 14.5. The van der Waals surface area contributed by atoms with Gasteiger partial charge in [-0.3, -0.25) is 4.98 Å². The van der Waals surface area contributed by atoms with Gasteiger partial charge in [-0.2, -0.15) is 0 Å². The van der Waals surface area contributed by atoms with E-state index in [0.717, 1.165) is 22.2 Å². The third-order valence-electron chi connectivity index (χ3n) is 3.22. The fraction of sp³-hybridized carbons (Fsp3) is 0.0625. The lowest BCUT2D eigenvalue weighted by Crippen LogP contribution is -2.02. The number of nitrogens with zero attached hydrogens (tertiary/aromatic N) is 1. The van der Waals surface area contributed by atoms with Crippen LogP contribution in [0.2, 0.25) is 15.1 Å². The summed E-state index contributed by atoms with van der Waals surface area (Å²) in [5, 5.41) is 6.07. The number of benzene rings is 2. The summed E-state index contributed by atoms with van der Waals surface area (Å²) < 4.78 is 0. The Hall–Kier alpha value is -1.48. The number of nitrogens with one attached hydrogen (secondary N) is 1. The van der Waals surface area contributed by atoms with Crippen LogP contribution in [0.4, 0.5) is 5.69 Å². The second kappa shape index (κ2) is 6.10. The van der Waals surface area contributed by atoms with Crippen molar-refractivity contribution >= 4 is 51.4 Å². The van der Waals surface area contributed by atoms with Gasteiger partial charge in [0.2, 0.25) is 0 Å². The maximum absolute atomic E-state index is 6.19. The smallest absolute Gasteiger partial charge is 0.0766 e. The molecular weight excluding hydrogens is 327 g/mol. The molecule has 0 spiro atoms. The molecule has 0 aliphatic heterocycles. The molecule has 5 heteroatoms. The minimum Gasteiger partial charge on any atom is -0.378 e. The third-order valence-corrected chi connectivity index (χ3v) is 4.18. The maximum Gasteiger partial charge on any atom is 0.0766 e. The van der Waals surface area contributed by atoms with E-state index in [1.807, 2.05) is 30.3 Å². The minimum absolute atomic E-state index is 0.564. The van der Waals surface area contributed by atoms with Gasteiger partial charge in [-0.05, 0) is 35.9 Å². The van der Waals surface area contributed by atoms with Crippen molar-refractivity contribution in [3.63, 3.8) is 0 Å². The van der Waals surface area contributed by atoms with Crippen LogP contribution in [-0.2, 0) is 6.54 Å². The Balaban J connectivity index is 1.94. The molecule has 3 aromatic rings. The summed E-state index contributed by atoms with van der Waals surface area (Å²) in [6.07, 6.45) is 1.75. The van der Waals surface area contributed by atoms with Gasteiger partial charge >= 0.3 is 0 Å². The van der Waals surface area contributed by atoms with E-state index in [0.29, 0.717) is 21.6 Å². The van der Waals surface area contributed by atoms with Gasteiger partial charge in [0, 0.05) is 23.2 Å². The zero-order chi connectivity index (χ0) is 14.8. The van der Waals surface area contributed by atoms with Crippen LogP contribution in [0.3, 0.4) is 0 Å². The van der Waals surface area contributed by atoms with E-state index in [4.69, 9.17) is 34.8 Å². The van der Waals surface area contributed by atoms with Crippen molar-refractivity contribution in [1.82, 2.24) is 4.98 Å². The summed E-state index contributed by atoms with van der Waals surface area (Å²) >= 11 is 18.5. The van der Waals surface area contributed by atoms with Gasteiger partial charge in [0.25, 0.3) is 0 Å². The molecule has 0 bridgehead atoms. The van der Waals surface area contributed by atoms with Gasteiger partial charge in [0.05, 0.1) is 21.2 Å². The van der Waals surface area contributed by atoms with Crippen LogP contribution in [0.5, 0.6) is 0 Å². The van der Waals surface area contributed by atoms with Crippen molar-refractivity contribution in [3.05, 3.63) is 69.3 Å². The number of fused-ring (bicyclic) bond motifs is 1. The first-order valence-electron chi connectivity index (χ1n) is 6.37. The topological polar surface area (TPSA) is 24.9 Å². The second-order valence-electron chi connectivity index (χ2n) is 4.56. The molecule has 21 heavy (non-hydrogen) atoms. The highest BCUT2D eigenvalue weighted by Crippen LogP contribution is 2.31. The van der Waals surface area contributed by atoms with Crippen LogP contribution in [-0.4, -0.2) is 4.98 Å². The molecule has 0 aliphatic rings. The Morgan fingerprint density at radius 3 is 2.38 bits per heavy atom. The molecule has 1 heterocycles. The van der Waals surface area contributed by atoms with Crippen molar-refractivity contribution in [2.75, 3.05) is 5.32 Å². The van der Waals surface area contributed by atoms with Crippen LogP contribution in [0.25, 0.3) is 10.9 Å². The summed E-state index contributed by atoms with van der Waals surface area (Å²) in [4.78, 5) is 4.41. The van der Waals surface area contributed by atoms with E-state index < -0.39 is 0 Å².